The number of ether oxygens (including phenoxy) is 1. The Morgan fingerprint density at radius 3 is 2.35 bits per heavy atom. The van der Waals surface area contributed by atoms with Gasteiger partial charge >= 0.3 is 0 Å². The lowest BCUT2D eigenvalue weighted by atomic mass is 10.1. The van der Waals surface area contributed by atoms with Crippen LogP contribution in [0.1, 0.15) is 16.0 Å². The van der Waals surface area contributed by atoms with Gasteiger partial charge < -0.3 is 10.1 Å². The molecule has 1 aromatic heterocycles. The second-order valence-corrected chi connectivity index (χ2v) is 8.65. The van der Waals surface area contributed by atoms with Crippen LogP contribution in [0.5, 0.6) is 5.75 Å². The van der Waals surface area contributed by atoms with Crippen molar-refractivity contribution in [1.29, 1.82) is 0 Å². The van der Waals surface area contributed by atoms with Gasteiger partial charge in [0, 0.05) is 21.7 Å². The fraction of sp³-hybridized carbons (Fsp3) is 0.154. The van der Waals surface area contributed by atoms with Crippen LogP contribution in [0.3, 0.4) is 0 Å². The Hall–Kier alpha value is -3.44. The van der Waals surface area contributed by atoms with E-state index in [0.29, 0.717) is 5.75 Å². The summed E-state index contributed by atoms with van der Waals surface area (Å²) in [6.45, 7) is 6.12. The first-order chi connectivity index (χ1) is 15.0. The van der Waals surface area contributed by atoms with Crippen LogP contribution in [0.25, 0.3) is 21.8 Å². The second-order valence-electron chi connectivity index (χ2n) is 7.45. The number of thiazole rings is 1. The standard InChI is InChI=1S/C26H24N2O2S/c1-17-9-14-23(15-18(17)2)30-16-24(29)27-22-12-10-20(11-13-22)25-19(3)31-26(28-25)21-7-5-4-6-8-21/h4-15H,16H2,1-3H3,(H,27,29). The maximum absolute atomic E-state index is 12.3. The summed E-state index contributed by atoms with van der Waals surface area (Å²) in [4.78, 5) is 18.3. The third kappa shape index (κ3) is 5.01. The molecule has 0 bridgehead atoms. The summed E-state index contributed by atoms with van der Waals surface area (Å²) in [6, 6.07) is 23.8. The fourth-order valence-corrected chi connectivity index (χ4v) is 4.17. The molecule has 156 valence electrons. The van der Waals surface area contributed by atoms with Crippen molar-refractivity contribution in [3.8, 4) is 27.6 Å². The van der Waals surface area contributed by atoms with Crippen LogP contribution in [-0.2, 0) is 4.79 Å². The van der Waals surface area contributed by atoms with Crippen molar-refractivity contribution in [1.82, 2.24) is 4.98 Å². The highest BCUT2D eigenvalue weighted by molar-refractivity contribution is 7.15. The summed E-state index contributed by atoms with van der Waals surface area (Å²) in [7, 11) is 0. The van der Waals surface area contributed by atoms with Gasteiger partial charge in [0.25, 0.3) is 5.91 Å². The predicted octanol–water partition coefficient (Wildman–Crippen LogP) is 6.42. The minimum atomic E-state index is -0.192. The average molecular weight is 429 g/mol. The topological polar surface area (TPSA) is 51.2 Å². The van der Waals surface area contributed by atoms with Crippen molar-refractivity contribution < 1.29 is 9.53 Å². The molecule has 5 heteroatoms. The lowest BCUT2D eigenvalue weighted by Crippen LogP contribution is -2.20. The Labute approximate surface area is 186 Å². The molecule has 0 aliphatic carbocycles. The number of carbonyl (C=O) groups is 1. The Morgan fingerprint density at radius 1 is 0.903 bits per heavy atom. The Morgan fingerprint density at radius 2 is 1.65 bits per heavy atom. The van der Waals surface area contributed by atoms with E-state index in [1.165, 1.54) is 5.56 Å². The van der Waals surface area contributed by atoms with Crippen molar-refractivity contribution >= 4 is 22.9 Å². The van der Waals surface area contributed by atoms with Crippen molar-refractivity contribution in [2.24, 2.45) is 0 Å². The molecule has 0 spiro atoms. The van der Waals surface area contributed by atoms with Crippen LogP contribution in [0.4, 0.5) is 5.69 Å². The number of hydrogen-bond acceptors (Lipinski definition) is 4. The van der Waals surface area contributed by atoms with Gasteiger partial charge in [0.1, 0.15) is 10.8 Å². The van der Waals surface area contributed by atoms with E-state index in [4.69, 9.17) is 9.72 Å². The van der Waals surface area contributed by atoms with Gasteiger partial charge in [-0.05, 0) is 56.2 Å². The largest absolute Gasteiger partial charge is 0.484 e. The molecule has 4 nitrogen and oxygen atoms in total. The van der Waals surface area contributed by atoms with Gasteiger partial charge in [-0.2, -0.15) is 0 Å². The van der Waals surface area contributed by atoms with Crippen LogP contribution in [0, 0.1) is 20.8 Å². The van der Waals surface area contributed by atoms with Crippen molar-refractivity contribution in [3.05, 3.63) is 88.8 Å². The molecule has 1 amide bonds. The molecular formula is C26H24N2O2S. The molecule has 0 radical (unpaired) electrons. The first-order valence-electron chi connectivity index (χ1n) is 10.1. The van der Waals surface area contributed by atoms with Crippen molar-refractivity contribution in [2.75, 3.05) is 11.9 Å². The van der Waals surface area contributed by atoms with Crippen LogP contribution < -0.4 is 10.1 Å². The number of rotatable bonds is 6. The maximum Gasteiger partial charge on any atom is 0.262 e. The third-order valence-electron chi connectivity index (χ3n) is 5.11. The predicted molar refractivity (Wildman–Crippen MR) is 128 cm³/mol. The van der Waals surface area contributed by atoms with Gasteiger partial charge in [-0.15, -0.1) is 11.3 Å². The highest BCUT2D eigenvalue weighted by Crippen LogP contribution is 2.33. The first-order valence-corrected chi connectivity index (χ1v) is 10.9. The third-order valence-corrected chi connectivity index (χ3v) is 6.13. The molecule has 0 atom stereocenters. The number of nitrogens with one attached hydrogen (secondary N) is 1. The maximum atomic E-state index is 12.3. The molecule has 0 unspecified atom stereocenters. The number of aromatic nitrogens is 1. The Kier molecular flexibility index (Phi) is 6.14. The molecule has 0 saturated carbocycles. The number of hydrogen-bond donors (Lipinski definition) is 1. The smallest absolute Gasteiger partial charge is 0.262 e. The van der Waals surface area contributed by atoms with Crippen LogP contribution in [0.15, 0.2) is 72.8 Å². The second kappa shape index (κ2) is 9.14. The highest BCUT2D eigenvalue weighted by atomic mass is 32.1. The summed E-state index contributed by atoms with van der Waals surface area (Å²) in [5.74, 6) is 0.504. The van der Waals surface area contributed by atoms with E-state index in [1.54, 1.807) is 11.3 Å². The van der Waals surface area contributed by atoms with Crippen molar-refractivity contribution in [3.63, 3.8) is 0 Å². The van der Waals surface area contributed by atoms with E-state index < -0.39 is 0 Å². The molecule has 31 heavy (non-hydrogen) atoms. The van der Waals surface area contributed by atoms with E-state index in [0.717, 1.165) is 38.0 Å². The summed E-state index contributed by atoms with van der Waals surface area (Å²) in [6.07, 6.45) is 0. The number of anilines is 1. The summed E-state index contributed by atoms with van der Waals surface area (Å²) < 4.78 is 5.61. The zero-order valence-electron chi connectivity index (χ0n) is 17.8. The lowest BCUT2D eigenvalue weighted by molar-refractivity contribution is -0.118. The SMILES string of the molecule is Cc1ccc(OCC(=O)Nc2ccc(-c3nc(-c4ccccc4)sc3C)cc2)cc1C. The van der Waals surface area contributed by atoms with Gasteiger partial charge in [0.15, 0.2) is 6.61 Å². The summed E-state index contributed by atoms with van der Waals surface area (Å²) in [5.41, 5.74) is 6.19. The molecule has 1 N–H and O–H groups in total. The van der Waals surface area contributed by atoms with E-state index in [2.05, 4.69) is 24.4 Å². The number of nitrogens with zero attached hydrogens (tertiary/aromatic N) is 1. The van der Waals surface area contributed by atoms with Crippen LogP contribution >= 0.6 is 11.3 Å². The number of aryl methyl sites for hydroxylation is 3. The molecule has 0 aliphatic rings. The quantitative estimate of drug-likeness (QED) is 0.385. The normalized spacial score (nSPS) is 10.7. The Bertz CT molecular complexity index is 1200. The molecule has 4 aromatic rings. The van der Waals surface area contributed by atoms with Crippen molar-refractivity contribution in [2.45, 2.75) is 20.8 Å². The zero-order chi connectivity index (χ0) is 21.8. The van der Waals surface area contributed by atoms with Crippen LogP contribution in [0.2, 0.25) is 0 Å². The van der Waals surface area contributed by atoms with E-state index >= 15 is 0 Å². The minimum Gasteiger partial charge on any atom is -0.484 e. The van der Waals surface area contributed by atoms with Gasteiger partial charge in [-0.3, -0.25) is 4.79 Å². The van der Waals surface area contributed by atoms with Gasteiger partial charge in [-0.1, -0.05) is 48.5 Å². The van der Waals surface area contributed by atoms with Gasteiger partial charge in [-0.25, -0.2) is 4.98 Å². The average Bonchev–Trinajstić information content (AvgIpc) is 3.17. The molecule has 0 aliphatic heterocycles. The number of benzene rings is 3. The van der Waals surface area contributed by atoms with Crippen LogP contribution in [-0.4, -0.2) is 17.5 Å². The van der Waals surface area contributed by atoms with E-state index in [9.17, 15) is 4.79 Å². The van der Waals surface area contributed by atoms with Gasteiger partial charge in [0.2, 0.25) is 0 Å². The Balaban J connectivity index is 1.40. The van der Waals surface area contributed by atoms with Gasteiger partial charge in [0.05, 0.1) is 5.69 Å². The monoisotopic (exact) mass is 428 g/mol. The lowest BCUT2D eigenvalue weighted by Gasteiger charge is -2.09. The minimum absolute atomic E-state index is 0.0319. The molecule has 0 fully saturated rings. The number of carbonyl (C=O) groups excluding carboxylic acids is 1. The fourth-order valence-electron chi connectivity index (χ4n) is 3.23. The molecular weight excluding hydrogens is 404 g/mol. The zero-order valence-corrected chi connectivity index (χ0v) is 18.6. The summed E-state index contributed by atoms with van der Waals surface area (Å²) in [5, 5.41) is 3.89. The van der Waals surface area contributed by atoms with E-state index in [-0.39, 0.29) is 12.5 Å². The summed E-state index contributed by atoms with van der Waals surface area (Å²) >= 11 is 1.69. The highest BCUT2D eigenvalue weighted by Gasteiger charge is 2.12. The first kappa shape index (κ1) is 20.8. The molecule has 1 heterocycles. The van der Waals surface area contributed by atoms with E-state index in [1.807, 2.05) is 74.5 Å². The molecule has 4 rings (SSSR count). The molecule has 0 saturated heterocycles. The molecule has 3 aromatic carbocycles. The number of amides is 1.